The fraction of sp³-hybridized carbons (Fsp3) is 0.714. The van der Waals surface area contributed by atoms with Gasteiger partial charge in [-0.25, -0.2) is 4.79 Å². The van der Waals surface area contributed by atoms with E-state index in [1.165, 1.54) is 11.0 Å². The lowest BCUT2D eigenvalue weighted by Gasteiger charge is -2.21. The zero-order chi connectivity index (χ0) is 15.5. The third-order valence-corrected chi connectivity index (χ3v) is 3.06. The number of carbonyl (C=O) groups is 2. The van der Waals surface area contributed by atoms with Gasteiger partial charge in [-0.1, -0.05) is 6.08 Å². The SMILES string of the molecule is C=CCN(CC(=O)O)C(=O)NCCCCN(C)C(C)C. The predicted molar refractivity (Wildman–Crippen MR) is 79.8 cm³/mol. The molecular weight excluding hydrogens is 258 g/mol. The Hall–Kier alpha value is -1.56. The van der Waals surface area contributed by atoms with Gasteiger partial charge in [-0.2, -0.15) is 0 Å². The van der Waals surface area contributed by atoms with Crippen molar-refractivity contribution in [1.82, 2.24) is 15.1 Å². The molecule has 0 atom stereocenters. The minimum atomic E-state index is -1.03. The molecule has 0 aliphatic carbocycles. The molecule has 6 heteroatoms. The molecule has 0 spiro atoms. The molecule has 0 unspecified atom stereocenters. The van der Waals surface area contributed by atoms with Gasteiger partial charge in [0.05, 0.1) is 0 Å². The quantitative estimate of drug-likeness (QED) is 0.470. The molecule has 0 saturated heterocycles. The Labute approximate surface area is 121 Å². The molecule has 0 aliphatic heterocycles. The van der Waals surface area contributed by atoms with Crippen molar-refractivity contribution >= 4 is 12.0 Å². The molecule has 0 saturated carbocycles. The first-order valence-corrected chi connectivity index (χ1v) is 6.94. The zero-order valence-corrected chi connectivity index (χ0v) is 12.8. The Morgan fingerprint density at radius 1 is 1.35 bits per heavy atom. The van der Waals surface area contributed by atoms with E-state index in [2.05, 4.69) is 37.7 Å². The molecule has 0 aromatic heterocycles. The molecule has 0 bridgehead atoms. The normalized spacial score (nSPS) is 10.7. The van der Waals surface area contributed by atoms with E-state index in [-0.39, 0.29) is 19.1 Å². The number of carboxylic acid groups (broad SMARTS) is 1. The van der Waals surface area contributed by atoms with Crippen LogP contribution < -0.4 is 5.32 Å². The molecule has 6 nitrogen and oxygen atoms in total. The van der Waals surface area contributed by atoms with Crippen molar-refractivity contribution in [3.05, 3.63) is 12.7 Å². The summed E-state index contributed by atoms with van der Waals surface area (Å²) in [6, 6.07) is 0.160. The summed E-state index contributed by atoms with van der Waals surface area (Å²) < 4.78 is 0. The number of carboxylic acids is 1. The van der Waals surface area contributed by atoms with Crippen molar-refractivity contribution in [2.24, 2.45) is 0 Å². The monoisotopic (exact) mass is 285 g/mol. The summed E-state index contributed by atoms with van der Waals surface area (Å²) in [5, 5.41) is 11.5. The highest BCUT2D eigenvalue weighted by molar-refractivity contribution is 5.80. The first-order chi connectivity index (χ1) is 9.38. The van der Waals surface area contributed by atoms with E-state index >= 15 is 0 Å². The third-order valence-electron chi connectivity index (χ3n) is 3.06. The number of hydrogen-bond acceptors (Lipinski definition) is 3. The fourth-order valence-corrected chi connectivity index (χ4v) is 1.59. The summed E-state index contributed by atoms with van der Waals surface area (Å²) >= 11 is 0. The van der Waals surface area contributed by atoms with E-state index < -0.39 is 5.97 Å². The van der Waals surface area contributed by atoms with Gasteiger partial charge < -0.3 is 20.2 Å². The maximum absolute atomic E-state index is 11.8. The van der Waals surface area contributed by atoms with Crippen LogP contribution in [0.4, 0.5) is 4.79 Å². The number of amides is 2. The highest BCUT2D eigenvalue weighted by atomic mass is 16.4. The molecule has 116 valence electrons. The molecule has 0 aromatic rings. The van der Waals surface area contributed by atoms with Crippen molar-refractivity contribution in [3.63, 3.8) is 0 Å². The number of aliphatic carboxylic acids is 1. The Kier molecular flexibility index (Phi) is 9.45. The topological polar surface area (TPSA) is 72.9 Å². The number of unbranched alkanes of at least 4 members (excludes halogenated alkanes) is 1. The summed E-state index contributed by atoms with van der Waals surface area (Å²) in [7, 11) is 2.07. The van der Waals surface area contributed by atoms with Gasteiger partial charge in [0.2, 0.25) is 0 Å². The predicted octanol–water partition coefficient (Wildman–Crippen LogP) is 1.39. The second-order valence-corrected chi connectivity index (χ2v) is 5.08. The molecule has 0 aromatic carbocycles. The lowest BCUT2D eigenvalue weighted by molar-refractivity contribution is -0.137. The largest absolute Gasteiger partial charge is 0.480 e. The van der Waals surface area contributed by atoms with Gasteiger partial charge in [0.25, 0.3) is 0 Å². The number of rotatable bonds is 10. The van der Waals surface area contributed by atoms with Crippen molar-refractivity contribution in [3.8, 4) is 0 Å². The summed E-state index contributed by atoms with van der Waals surface area (Å²) in [4.78, 5) is 25.9. The van der Waals surface area contributed by atoms with E-state index in [1.807, 2.05) is 0 Å². The van der Waals surface area contributed by atoms with E-state index in [1.54, 1.807) is 0 Å². The zero-order valence-electron chi connectivity index (χ0n) is 12.8. The number of carbonyl (C=O) groups excluding carboxylic acids is 1. The second kappa shape index (κ2) is 10.3. The van der Waals surface area contributed by atoms with E-state index in [0.29, 0.717) is 12.6 Å². The summed E-state index contributed by atoms with van der Waals surface area (Å²) in [5.41, 5.74) is 0. The lowest BCUT2D eigenvalue weighted by Crippen LogP contribution is -2.43. The fourth-order valence-electron chi connectivity index (χ4n) is 1.59. The van der Waals surface area contributed by atoms with Crippen molar-refractivity contribution in [1.29, 1.82) is 0 Å². The number of nitrogens with one attached hydrogen (secondary N) is 1. The maximum Gasteiger partial charge on any atom is 0.323 e. The van der Waals surface area contributed by atoms with Crippen LogP contribution in [-0.2, 0) is 4.79 Å². The maximum atomic E-state index is 11.8. The minimum Gasteiger partial charge on any atom is -0.480 e. The summed E-state index contributed by atoms with van der Waals surface area (Å²) in [6.07, 6.45) is 3.38. The standard InChI is InChI=1S/C14H27N3O3/c1-5-9-17(11-13(18)19)14(20)15-8-6-7-10-16(4)12(2)3/h5,12H,1,6-11H2,2-4H3,(H,15,20)(H,18,19). The van der Waals surface area contributed by atoms with Crippen LogP contribution in [0.15, 0.2) is 12.7 Å². The molecule has 0 radical (unpaired) electrons. The Balaban J connectivity index is 3.89. The van der Waals surface area contributed by atoms with Crippen molar-refractivity contribution in [2.45, 2.75) is 32.7 Å². The highest BCUT2D eigenvalue weighted by Gasteiger charge is 2.14. The summed E-state index contributed by atoms with van der Waals surface area (Å²) in [6.45, 7) is 9.25. The van der Waals surface area contributed by atoms with Gasteiger partial charge in [0.15, 0.2) is 0 Å². The molecule has 0 heterocycles. The Bertz CT molecular complexity index is 319. The number of urea groups is 1. The van der Waals surface area contributed by atoms with E-state index in [0.717, 1.165) is 19.4 Å². The lowest BCUT2D eigenvalue weighted by atomic mass is 10.2. The van der Waals surface area contributed by atoms with Gasteiger partial charge in [-0.15, -0.1) is 6.58 Å². The van der Waals surface area contributed by atoms with Gasteiger partial charge in [-0.3, -0.25) is 4.79 Å². The van der Waals surface area contributed by atoms with Crippen molar-refractivity contribution < 1.29 is 14.7 Å². The first-order valence-electron chi connectivity index (χ1n) is 6.94. The number of nitrogens with zero attached hydrogens (tertiary/aromatic N) is 2. The van der Waals surface area contributed by atoms with Gasteiger partial charge in [0, 0.05) is 19.1 Å². The highest BCUT2D eigenvalue weighted by Crippen LogP contribution is 1.98. The molecule has 20 heavy (non-hydrogen) atoms. The molecule has 2 amide bonds. The average Bonchev–Trinajstić information content (AvgIpc) is 2.36. The van der Waals surface area contributed by atoms with Crippen LogP contribution in [0.3, 0.4) is 0 Å². The van der Waals surface area contributed by atoms with Gasteiger partial charge in [-0.05, 0) is 40.3 Å². The van der Waals surface area contributed by atoms with Gasteiger partial charge in [0.1, 0.15) is 6.54 Å². The molecule has 0 fully saturated rings. The van der Waals surface area contributed by atoms with E-state index in [4.69, 9.17) is 5.11 Å². The molecule has 0 aliphatic rings. The van der Waals surface area contributed by atoms with Crippen molar-refractivity contribution in [2.75, 3.05) is 33.2 Å². The van der Waals surface area contributed by atoms with Crippen LogP contribution in [0, 0.1) is 0 Å². The molecule has 0 rings (SSSR count). The van der Waals surface area contributed by atoms with Crippen LogP contribution in [0.25, 0.3) is 0 Å². The second-order valence-electron chi connectivity index (χ2n) is 5.08. The molecular formula is C14H27N3O3. The smallest absolute Gasteiger partial charge is 0.323 e. The summed E-state index contributed by atoms with van der Waals surface area (Å²) in [5.74, 6) is -1.03. The van der Waals surface area contributed by atoms with Crippen LogP contribution in [0.1, 0.15) is 26.7 Å². The van der Waals surface area contributed by atoms with Crippen LogP contribution in [0.5, 0.6) is 0 Å². The average molecular weight is 285 g/mol. The molecule has 2 N–H and O–H groups in total. The van der Waals surface area contributed by atoms with Crippen LogP contribution in [-0.4, -0.2) is 66.2 Å². The first kappa shape index (κ1) is 18.4. The van der Waals surface area contributed by atoms with E-state index in [9.17, 15) is 9.59 Å². The van der Waals surface area contributed by atoms with Crippen LogP contribution in [0.2, 0.25) is 0 Å². The Morgan fingerprint density at radius 2 is 2.00 bits per heavy atom. The van der Waals surface area contributed by atoms with Gasteiger partial charge >= 0.3 is 12.0 Å². The number of hydrogen-bond donors (Lipinski definition) is 2. The third kappa shape index (κ3) is 8.53. The minimum absolute atomic E-state index is 0.230. The Morgan fingerprint density at radius 3 is 2.50 bits per heavy atom. The van der Waals surface area contributed by atoms with Crippen LogP contribution >= 0.6 is 0 Å².